The first-order valence-corrected chi connectivity index (χ1v) is 7.25. The van der Waals surface area contributed by atoms with E-state index in [0.29, 0.717) is 6.61 Å². The average molecular weight is 252 g/mol. The Kier molecular flexibility index (Phi) is 4.00. The van der Waals surface area contributed by atoms with Crippen molar-refractivity contribution in [1.29, 1.82) is 0 Å². The van der Waals surface area contributed by atoms with Crippen LogP contribution in [0.1, 0.15) is 53.6 Å². The first-order chi connectivity index (χ1) is 8.18. The van der Waals surface area contributed by atoms with Crippen LogP contribution in [0.25, 0.3) is 0 Å². The molecule has 0 unspecified atom stereocenters. The molecule has 0 radical (unpaired) electrons. The van der Waals surface area contributed by atoms with Crippen molar-refractivity contribution in [3.05, 3.63) is 21.9 Å². The summed E-state index contributed by atoms with van der Waals surface area (Å²) in [7, 11) is 0. The van der Waals surface area contributed by atoms with E-state index in [1.807, 2.05) is 26.0 Å². The monoisotopic (exact) mass is 252 g/mol. The van der Waals surface area contributed by atoms with E-state index in [1.54, 1.807) is 11.3 Å². The fraction of sp³-hybridized carbons (Fsp3) is 0.643. The lowest BCUT2D eigenvalue weighted by Crippen LogP contribution is -2.43. The van der Waals surface area contributed by atoms with Gasteiger partial charge in [-0.1, -0.05) is 19.3 Å². The Morgan fingerprint density at radius 1 is 1.35 bits per heavy atom. The van der Waals surface area contributed by atoms with Crippen molar-refractivity contribution in [3.8, 4) is 0 Å². The average Bonchev–Trinajstić information content (AvgIpc) is 2.76. The van der Waals surface area contributed by atoms with Crippen molar-refractivity contribution in [2.75, 3.05) is 6.61 Å². The van der Waals surface area contributed by atoms with Gasteiger partial charge in [0.25, 0.3) is 0 Å². The molecule has 0 amide bonds. The fourth-order valence-electron chi connectivity index (χ4n) is 2.62. The maximum atomic E-state index is 12.6. The molecule has 1 aromatic heterocycles. The zero-order chi connectivity index (χ0) is 12.3. The number of carbonyl (C=O) groups excluding carboxylic acids is 1. The van der Waals surface area contributed by atoms with Crippen LogP contribution in [-0.2, 0) is 4.74 Å². The molecule has 3 heteroatoms. The molecular formula is C14H20O2S. The topological polar surface area (TPSA) is 26.3 Å². The summed E-state index contributed by atoms with van der Waals surface area (Å²) >= 11 is 1.58. The Morgan fingerprint density at radius 3 is 2.59 bits per heavy atom. The Morgan fingerprint density at radius 2 is 2.06 bits per heavy atom. The van der Waals surface area contributed by atoms with Gasteiger partial charge in [0.2, 0.25) is 5.78 Å². The number of ketones is 1. The number of rotatable bonds is 4. The van der Waals surface area contributed by atoms with E-state index in [9.17, 15) is 4.79 Å². The standard InChI is InChI=1S/C14H20O2S/c1-3-16-14(9-5-4-6-10-14)13(15)12-8-7-11(2)17-12/h7-8H,3-6,9-10H2,1-2H3. The van der Waals surface area contributed by atoms with Crippen molar-refractivity contribution in [2.45, 2.75) is 51.6 Å². The molecule has 0 N–H and O–H groups in total. The quantitative estimate of drug-likeness (QED) is 0.758. The van der Waals surface area contributed by atoms with Gasteiger partial charge in [0.15, 0.2) is 0 Å². The van der Waals surface area contributed by atoms with Crippen molar-refractivity contribution in [3.63, 3.8) is 0 Å². The molecule has 2 rings (SSSR count). The van der Waals surface area contributed by atoms with Gasteiger partial charge in [0.1, 0.15) is 5.60 Å². The van der Waals surface area contributed by atoms with Gasteiger partial charge in [0, 0.05) is 11.5 Å². The van der Waals surface area contributed by atoms with E-state index < -0.39 is 5.60 Å². The summed E-state index contributed by atoms with van der Waals surface area (Å²) in [6.07, 6.45) is 5.21. The molecule has 1 aliphatic rings. The predicted octanol–water partition coefficient (Wildman–Crippen LogP) is 3.98. The normalized spacial score (nSPS) is 19.2. The fourth-order valence-corrected chi connectivity index (χ4v) is 3.51. The summed E-state index contributed by atoms with van der Waals surface area (Å²) in [6.45, 7) is 4.63. The van der Waals surface area contributed by atoms with Crippen LogP contribution in [0.5, 0.6) is 0 Å². The molecule has 0 atom stereocenters. The minimum absolute atomic E-state index is 0.206. The van der Waals surface area contributed by atoms with Gasteiger partial charge in [-0.3, -0.25) is 4.79 Å². The van der Waals surface area contributed by atoms with Crippen molar-refractivity contribution in [1.82, 2.24) is 0 Å². The summed E-state index contributed by atoms with van der Waals surface area (Å²) in [5, 5.41) is 0. The Balaban J connectivity index is 2.23. The Labute approximate surface area is 107 Å². The second-order valence-corrected chi connectivity index (χ2v) is 6.02. The van der Waals surface area contributed by atoms with Gasteiger partial charge in [-0.05, 0) is 38.8 Å². The van der Waals surface area contributed by atoms with E-state index in [0.717, 1.165) is 30.6 Å². The number of ether oxygens (including phenoxy) is 1. The van der Waals surface area contributed by atoms with Crippen LogP contribution in [0.15, 0.2) is 12.1 Å². The summed E-state index contributed by atoms with van der Waals surface area (Å²) in [5.41, 5.74) is -0.524. The van der Waals surface area contributed by atoms with Gasteiger partial charge in [-0.15, -0.1) is 11.3 Å². The zero-order valence-electron chi connectivity index (χ0n) is 10.6. The smallest absolute Gasteiger partial charge is 0.204 e. The summed E-state index contributed by atoms with van der Waals surface area (Å²) < 4.78 is 5.85. The summed E-state index contributed by atoms with van der Waals surface area (Å²) in [6, 6.07) is 3.96. The number of thiophene rings is 1. The van der Waals surface area contributed by atoms with Crippen LogP contribution in [0.3, 0.4) is 0 Å². The third-order valence-electron chi connectivity index (χ3n) is 3.46. The van der Waals surface area contributed by atoms with Crippen LogP contribution in [0.4, 0.5) is 0 Å². The molecule has 94 valence electrons. The predicted molar refractivity (Wildman–Crippen MR) is 70.8 cm³/mol. The van der Waals surface area contributed by atoms with Crippen LogP contribution in [-0.4, -0.2) is 18.0 Å². The molecule has 1 heterocycles. The number of aryl methyl sites for hydroxylation is 1. The summed E-state index contributed by atoms with van der Waals surface area (Å²) in [5.74, 6) is 0.206. The Bertz CT molecular complexity index is 383. The lowest BCUT2D eigenvalue weighted by molar-refractivity contribution is -0.0408. The van der Waals surface area contributed by atoms with E-state index in [2.05, 4.69) is 0 Å². The maximum absolute atomic E-state index is 12.6. The van der Waals surface area contributed by atoms with Crippen LogP contribution < -0.4 is 0 Å². The molecule has 1 saturated carbocycles. The molecule has 0 aromatic carbocycles. The highest BCUT2D eigenvalue weighted by molar-refractivity contribution is 7.14. The highest BCUT2D eigenvalue weighted by Crippen LogP contribution is 2.36. The van der Waals surface area contributed by atoms with Crippen molar-refractivity contribution < 1.29 is 9.53 Å². The number of hydrogen-bond donors (Lipinski definition) is 0. The lowest BCUT2D eigenvalue weighted by Gasteiger charge is -2.35. The van der Waals surface area contributed by atoms with Crippen LogP contribution in [0, 0.1) is 6.92 Å². The second kappa shape index (κ2) is 5.32. The van der Waals surface area contributed by atoms with Gasteiger partial charge >= 0.3 is 0 Å². The van der Waals surface area contributed by atoms with Gasteiger partial charge in [0.05, 0.1) is 4.88 Å². The molecule has 0 saturated heterocycles. The van der Waals surface area contributed by atoms with Crippen molar-refractivity contribution >= 4 is 17.1 Å². The van der Waals surface area contributed by atoms with E-state index in [1.165, 1.54) is 11.3 Å². The highest BCUT2D eigenvalue weighted by atomic mass is 32.1. The molecule has 1 aromatic rings. The second-order valence-electron chi connectivity index (χ2n) is 4.73. The Hall–Kier alpha value is -0.670. The first-order valence-electron chi connectivity index (χ1n) is 6.43. The number of carbonyl (C=O) groups is 1. The van der Waals surface area contributed by atoms with Crippen LogP contribution >= 0.6 is 11.3 Å². The van der Waals surface area contributed by atoms with E-state index >= 15 is 0 Å². The summed E-state index contributed by atoms with van der Waals surface area (Å²) in [4.78, 5) is 14.7. The molecule has 0 spiro atoms. The molecule has 0 bridgehead atoms. The maximum Gasteiger partial charge on any atom is 0.204 e. The molecule has 1 fully saturated rings. The van der Waals surface area contributed by atoms with Crippen LogP contribution in [0.2, 0.25) is 0 Å². The van der Waals surface area contributed by atoms with Gasteiger partial charge in [-0.25, -0.2) is 0 Å². The SMILES string of the molecule is CCOC1(C(=O)c2ccc(C)s2)CCCCC1. The minimum Gasteiger partial charge on any atom is -0.367 e. The lowest BCUT2D eigenvalue weighted by atomic mass is 9.81. The number of Topliss-reactive ketones (excluding diaryl/α,β-unsaturated/α-hetero) is 1. The van der Waals surface area contributed by atoms with E-state index in [-0.39, 0.29) is 5.78 Å². The largest absolute Gasteiger partial charge is 0.367 e. The molecule has 0 aliphatic heterocycles. The van der Waals surface area contributed by atoms with E-state index in [4.69, 9.17) is 4.74 Å². The first kappa shape index (κ1) is 12.8. The molecular weight excluding hydrogens is 232 g/mol. The minimum atomic E-state index is -0.524. The van der Waals surface area contributed by atoms with Crippen molar-refractivity contribution in [2.24, 2.45) is 0 Å². The molecule has 2 nitrogen and oxygen atoms in total. The van der Waals surface area contributed by atoms with Gasteiger partial charge in [-0.2, -0.15) is 0 Å². The third kappa shape index (κ3) is 2.61. The van der Waals surface area contributed by atoms with Gasteiger partial charge < -0.3 is 4.74 Å². The highest BCUT2D eigenvalue weighted by Gasteiger charge is 2.41. The molecule has 1 aliphatic carbocycles. The number of hydrogen-bond acceptors (Lipinski definition) is 3. The third-order valence-corrected chi connectivity index (χ3v) is 4.46. The zero-order valence-corrected chi connectivity index (χ0v) is 11.4. The molecule has 17 heavy (non-hydrogen) atoms.